The first kappa shape index (κ1) is 14.6. The third kappa shape index (κ3) is 4.07. The Morgan fingerprint density at radius 1 is 1.33 bits per heavy atom. The molecule has 0 aliphatic heterocycles. The van der Waals surface area contributed by atoms with E-state index in [2.05, 4.69) is 9.97 Å². The minimum absolute atomic E-state index is 0.0235. The SMILES string of the molecule is COc1nccnc1C(=O)C(C)CCCC(C)N. The Hall–Kier alpha value is -1.49. The molecule has 0 saturated heterocycles. The number of hydrogen-bond donors (Lipinski definition) is 1. The third-order valence-corrected chi connectivity index (χ3v) is 2.84. The van der Waals surface area contributed by atoms with Crippen molar-refractivity contribution >= 4 is 5.78 Å². The third-order valence-electron chi connectivity index (χ3n) is 2.84. The van der Waals surface area contributed by atoms with Gasteiger partial charge in [0.2, 0.25) is 5.88 Å². The van der Waals surface area contributed by atoms with Crippen LogP contribution >= 0.6 is 0 Å². The van der Waals surface area contributed by atoms with Crippen LogP contribution in [0.4, 0.5) is 0 Å². The minimum atomic E-state index is -0.0886. The van der Waals surface area contributed by atoms with Gasteiger partial charge in [0.1, 0.15) is 0 Å². The average molecular weight is 251 g/mol. The number of aromatic nitrogens is 2. The Morgan fingerprint density at radius 3 is 2.61 bits per heavy atom. The van der Waals surface area contributed by atoms with Gasteiger partial charge in [-0.3, -0.25) is 4.79 Å². The number of rotatable bonds is 7. The number of Topliss-reactive ketones (excluding diaryl/α,β-unsaturated/α-hetero) is 1. The maximum absolute atomic E-state index is 12.2. The van der Waals surface area contributed by atoms with E-state index in [0.29, 0.717) is 11.6 Å². The molecule has 2 N–H and O–H groups in total. The van der Waals surface area contributed by atoms with Gasteiger partial charge in [-0.05, 0) is 19.8 Å². The van der Waals surface area contributed by atoms with Crippen LogP contribution < -0.4 is 10.5 Å². The van der Waals surface area contributed by atoms with Crippen LogP contribution in [-0.4, -0.2) is 28.9 Å². The second-order valence-corrected chi connectivity index (χ2v) is 4.59. The molecule has 2 unspecified atom stereocenters. The second-order valence-electron chi connectivity index (χ2n) is 4.59. The first-order chi connectivity index (χ1) is 8.56. The summed E-state index contributed by atoms with van der Waals surface area (Å²) in [6.45, 7) is 3.87. The molecule has 0 bridgehead atoms. The fraction of sp³-hybridized carbons (Fsp3) is 0.615. The van der Waals surface area contributed by atoms with Gasteiger partial charge < -0.3 is 10.5 Å². The van der Waals surface area contributed by atoms with Crippen LogP contribution in [0.15, 0.2) is 12.4 Å². The largest absolute Gasteiger partial charge is 0.479 e. The Balaban J connectivity index is 2.62. The molecule has 18 heavy (non-hydrogen) atoms. The lowest BCUT2D eigenvalue weighted by molar-refractivity contribution is 0.0912. The van der Waals surface area contributed by atoms with Crippen LogP contribution in [0.3, 0.4) is 0 Å². The molecule has 5 nitrogen and oxygen atoms in total. The van der Waals surface area contributed by atoms with E-state index in [4.69, 9.17) is 10.5 Å². The van der Waals surface area contributed by atoms with Crippen molar-refractivity contribution in [2.24, 2.45) is 11.7 Å². The van der Waals surface area contributed by atoms with Gasteiger partial charge in [0, 0.05) is 24.4 Å². The van der Waals surface area contributed by atoms with Crippen molar-refractivity contribution < 1.29 is 9.53 Å². The summed E-state index contributed by atoms with van der Waals surface area (Å²) >= 11 is 0. The summed E-state index contributed by atoms with van der Waals surface area (Å²) in [5, 5.41) is 0. The molecule has 1 aromatic rings. The van der Waals surface area contributed by atoms with Gasteiger partial charge in [-0.2, -0.15) is 0 Å². The van der Waals surface area contributed by atoms with Gasteiger partial charge in [0.25, 0.3) is 0 Å². The smallest absolute Gasteiger partial charge is 0.243 e. The van der Waals surface area contributed by atoms with E-state index in [0.717, 1.165) is 19.3 Å². The summed E-state index contributed by atoms with van der Waals surface area (Å²) < 4.78 is 5.04. The van der Waals surface area contributed by atoms with Crippen LogP contribution in [0.25, 0.3) is 0 Å². The van der Waals surface area contributed by atoms with E-state index < -0.39 is 0 Å². The van der Waals surface area contributed by atoms with Crippen molar-refractivity contribution in [1.29, 1.82) is 0 Å². The zero-order valence-electron chi connectivity index (χ0n) is 11.2. The fourth-order valence-electron chi connectivity index (χ4n) is 1.75. The first-order valence-electron chi connectivity index (χ1n) is 6.21. The van der Waals surface area contributed by atoms with Gasteiger partial charge in [0.05, 0.1) is 7.11 Å². The van der Waals surface area contributed by atoms with E-state index in [1.54, 1.807) is 0 Å². The summed E-state index contributed by atoms with van der Waals surface area (Å²) in [7, 11) is 1.49. The Morgan fingerprint density at radius 2 is 2.00 bits per heavy atom. The molecule has 1 rings (SSSR count). The normalized spacial score (nSPS) is 14.0. The van der Waals surface area contributed by atoms with E-state index in [1.165, 1.54) is 19.5 Å². The van der Waals surface area contributed by atoms with Crippen LogP contribution in [0, 0.1) is 5.92 Å². The predicted molar refractivity (Wildman–Crippen MR) is 69.6 cm³/mol. The van der Waals surface area contributed by atoms with Crippen LogP contribution in [0.5, 0.6) is 5.88 Å². The van der Waals surface area contributed by atoms with Gasteiger partial charge in [0.15, 0.2) is 11.5 Å². The molecule has 0 spiro atoms. The number of carbonyl (C=O) groups is 1. The fourth-order valence-corrected chi connectivity index (χ4v) is 1.75. The molecule has 0 saturated carbocycles. The highest BCUT2D eigenvalue weighted by Gasteiger charge is 2.20. The van der Waals surface area contributed by atoms with Crippen LogP contribution in [0.1, 0.15) is 43.6 Å². The van der Waals surface area contributed by atoms with E-state index in [1.807, 2.05) is 13.8 Å². The lowest BCUT2D eigenvalue weighted by atomic mass is 9.96. The van der Waals surface area contributed by atoms with Gasteiger partial charge >= 0.3 is 0 Å². The minimum Gasteiger partial charge on any atom is -0.479 e. The monoisotopic (exact) mass is 251 g/mol. The average Bonchev–Trinajstić information content (AvgIpc) is 2.37. The topological polar surface area (TPSA) is 78.1 Å². The molecular weight excluding hydrogens is 230 g/mol. The van der Waals surface area contributed by atoms with Gasteiger partial charge in [-0.25, -0.2) is 9.97 Å². The van der Waals surface area contributed by atoms with Crippen molar-refractivity contribution in [3.63, 3.8) is 0 Å². The summed E-state index contributed by atoms with van der Waals surface area (Å²) in [6.07, 6.45) is 5.68. The molecule has 2 atom stereocenters. The van der Waals surface area contributed by atoms with Crippen LogP contribution in [0.2, 0.25) is 0 Å². The van der Waals surface area contributed by atoms with E-state index >= 15 is 0 Å². The zero-order valence-corrected chi connectivity index (χ0v) is 11.2. The molecule has 0 amide bonds. The molecule has 0 aliphatic rings. The highest BCUT2D eigenvalue weighted by atomic mass is 16.5. The second kappa shape index (κ2) is 7.06. The number of nitrogens with zero attached hydrogens (tertiary/aromatic N) is 2. The number of methoxy groups -OCH3 is 1. The number of ketones is 1. The molecule has 1 aromatic heterocycles. The van der Waals surface area contributed by atoms with Crippen molar-refractivity contribution in [2.75, 3.05) is 7.11 Å². The first-order valence-corrected chi connectivity index (χ1v) is 6.21. The number of hydrogen-bond acceptors (Lipinski definition) is 5. The highest BCUT2D eigenvalue weighted by Crippen LogP contribution is 2.19. The maximum Gasteiger partial charge on any atom is 0.243 e. The molecule has 100 valence electrons. The van der Waals surface area contributed by atoms with E-state index in [-0.39, 0.29) is 17.7 Å². The Kier molecular flexibility index (Phi) is 5.71. The number of ether oxygens (including phenoxy) is 1. The Bertz CT molecular complexity index is 394. The molecule has 0 aliphatic carbocycles. The standard InChI is InChI=1S/C13H21N3O2/c1-9(5-4-6-10(2)14)12(17)11-13(18-3)16-8-7-15-11/h7-10H,4-6,14H2,1-3H3. The molecule has 5 heteroatoms. The molecular formula is C13H21N3O2. The van der Waals surface area contributed by atoms with Gasteiger partial charge in [-0.15, -0.1) is 0 Å². The highest BCUT2D eigenvalue weighted by molar-refractivity contribution is 5.97. The summed E-state index contributed by atoms with van der Waals surface area (Å²) in [5.41, 5.74) is 6.00. The number of nitrogens with two attached hydrogens (primary N) is 1. The van der Waals surface area contributed by atoms with Crippen molar-refractivity contribution in [3.8, 4) is 5.88 Å². The summed E-state index contributed by atoms with van der Waals surface area (Å²) in [6, 6.07) is 0.179. The van der Waals surface area contributed by atoms with E-state index in [9.17, 15) is 4.79 Å². The molecule has 0 radical (unpaired) electrons. The predicted octanol–water partition coefficient (Wildman–Crippen LogP) is 1.82. The van der Waals surface area contributed by atoms with Crippen molar-refractivity contribution in [1.82, 2.24) is 9.97 Å². The summed E-state index contributed by atoms with van der Waals surface area (Å²) in [4.78, 5) is 20.2. The lowest BCUT2D eigenvalue weighted by Crippen LogP contribution is -2.17. The lowest BCUT2D eigenvalue weighted by Gasteiger charge is -2.12. The van der Waals surface area contributed by atoms with Crippen molar-refractivity contribution in [3.05, 3.63) is 18.1 Å². The molecule has 0 aromatic carbocycles. The molecule has 1 heterocycles. The van der Waals surface area contributed by atoms with Gasteiger partial charge in [-0.1, -0.05) is 13.3 Å². The number of carbonyl (C=O) groups excluding carboxylic acids is 1. The zero-order chi connectivity index (χ0) is 13.5. The maximum atomic E-state index is 12.2. The van der Waals surface area contributed by atoms with Crippen LogP contribution in [-0.2, 0) is 0 Å². The van der Waals surface area contributed by atoms with Crippen molar-refractivity contribution in [2.45, 2.75) is 39.2 Å². The Labute approximate surface area is 108 Å². The summed E-state index contributed by atoms with van der Waals surface area (Å²) in [5.74, 6) is 0.181. The quantitative estimate of drug-likeness (QED) is 0.748. The molecule has 0 fully saturated rings.